The predicted molar refractivity (Wildman–Crippen MR) is 142 cm³/mol. The Morgan fingerprint density at radius 3 is 1.76 bits per heavy atom. The fourth-order valence-electron chi connectivity index (χ4n) is 4.67. The summed E-state index contributed by atoms with van der Waals surface area (Å²) in [6.45, 7) is 12.4. The molecule has 0 bridgehead atoms. The molecule has 1 fully saturated rings. The third-order valence-corrected chi connectivity index (χ3v) is 6.96. The molecule has 3 aromatic rings. The number of anilines is 4. The predicted octanol–water partition coefficient (Wildman–Crippen LogP) is 2.81. The molecule has 0 unspecified atom stereocenters. The molecule has 1 aromatic heterocycles. The molecule has 2 aromatic carbocycles. The van der Waals surface area contributed by atoms with Gasteiger partial charge in [-0.05, 0) is 67.8 Å². The SMILES string of the molecule is Cc1cc(N2CCN(CCCn3cc[n+](C)c3)CCN(c3ccc(N)c(C)c3)CC2)ccc1N. The quantitative estimate of drug-likeness (QED) is 0.435. The zero-order valence-corrected chi connectivity index (χ0v) is 21.0. The summed E-state index contributed by atoms with van der Waals surface area (Å²) in [5.41, 5.74) is 18.7. The van der Waals surface area contributed by atoms with Gasteiger partial charge in [-0.1, -0.05) is 0 Å². The fraction of sp³-hybridized carbons (Fsp3) is 0.444. The lowest BCUT2D eigenvalue weighted by Gasteiger charge is -2.29. The molecule has 7 heteroatoms. The van der Waals surface area contributed by atoms with Crippen LogP contribution >= 0.6 is 0 Å². The topological polar surface area (TPSA) is 70.6 Å². The highest BCUT2D eigenvalue weighted by Gasteiger charge is 2.18. The molecule has 0 amide bonds. The molecule has 4 rings (SSSR count). The number of hydrogen-bond acceptors (Lipinski definition) is 5. The van der Waals surface area contributed by atoms with Gasteiger partial charge in [0.2, 0.25) is 6.33 Å². The minimum Gasteiger partial charge on any atom is -0.399 e. The van der Waals surface area contributed by atoms with Crippen molar-refractivity contribution in [2.75, 3.05) is 67.1 Å². The van der Waals surface area contributed by atoms with E-state index in [-0.39, 0.29) is 0 Å². The second kappa shape index (κ2) is 10.8. The molecule has 7 nitrogen and oxygen atoms in total. The van der Waals surface area contributed by atoms with Gasteiger partial charge < -0.3 is 21.3 Å². The van der Waals surface area contributed by atoms with E-state index in [0.29, 0.717) is 0 Å². The van der Waals surface area contributed by atoms with E-state index >= 15 is 0 Å². The first kappa shape index (κ1) is 24.0. The van der Waals surface area contributed by atoms with Crippen molar-refractivity contribution in [1.29, 1.82) is 0 Å². The third kappa shape index (κ3) is 6.03. The molecule has 0 saturated carbocycles. The van der Waals surface area contributed by atoms with Crippen molar-refractivity contribution in [3.63, 3.8) is 0 Å². The number of rotatable bonds is 6. The van der Waals surface area contributed by atoms with E-state index < -0.39 is 0 Å². The van der Waals surface area contributed by atoms with Crippen LogP contribution in [0.15, 0.2) is 55.1 Å². The van der Waals surface area contributed by atoms with E-state index in [1.54, 1.807) is 0 Å². The number of aromatic nitrogens is 2. The Balaban J connectivity index is 1.50. The van der Waals surface area contributed by atoms with Crippen LogP contribution in [0.5, 0.6) is 0 Å². The fourth-order valence-corrected chi connectivity index (χ4v) is 4.67. The summed E-state index contributed by atoms with van der Waals surface area (Å²) >= 11 is 0. The van der Waals surface area contributed by atoms with E-state index in [1.165, 1.54) is 11.4 Å². The van der Waals surface area contributed by atoms with Crippen LogP contribution in [0.2, 0.25) is 0 Å². The second-order valence-corrected chi connectivity index (χ2v) is 9.57. The highest BCUT2D eigenvalue weighted by Crippen LogP contribution is 2.24. The first-order valence-electron chi connectivity index (χ1n) is 12.3. The van der Waals surface area contributed by atoms with Crippen LogP contribution < -0.4 is 25.8 Å². The minimum atomic E-state index is 0.854. The van der Waals surface area contributed by atoms with E-state index in [9.17, 15) is 0 Å². The van der Waals surface area contributed by atoms with Crippen LogP contribution in [-0.4, -0.2) is 55.3 Å². The summed E-state index contributed by atoms with van der Waals surface area (Å²) in [6.07, 6.45) is 7.53. The van der Waals surface area contributed by atoms with Crippen LogP contribution in [0.1, 0.15) is 17.5 Å². The zero-order chi connectivity index (χ0) is 24.1. The molecular weight excluding hydrogens is 422 g/mol. The van der Waals surface area contributed by atoms with Crippen LogP contribution in [0.4, 0.5) is 22.7 Å². The molecule has 182 valence electrons. The van der Waals surface area contributed by atoms with Gasteiger partial charge in [-0.3, -0.25) is 4.90 Å². The van der Waals surface area contributed by atoms with Crippen LogP contribution in [0.25, 0.3) is 0 Å². The summed E-state index contributed by atoms with van der Waals surface area (Å²) in [5.74, 6) is 0. The zero-order valence-electron chi connectivity index (χ0n) is 21.0. The monoisotopic (exact) mass is 462 g/mol. The van der Waals surface area contributed by atoms with Gasteiger partial charge in [0.15, 0.2) is 0 Å². The lowest BCUT2D eigenvalue weighted by atomic mass is 10.1. The maximum absolute atomic E-state index is 6.10. The van der Waals surface area contributed by atoms with Crippen molar-refractivity contribution in [2.45, 2.75) is 26.8 Å². The van der Waals surface area contributed by atoms with Crippen LogP contribution in [0.3, 0.4) is 0 Å². The van der Waals surface area contributed by atoms with Crippen molar-refractivity contribution in [3.8, 4) is 0 Å². The highest BCUT2D eigenvalue weighted by atomic mass is 15.3. The Hall–Kier alpha value is -3.19. The summed E-state index contributed by atoms with van der Waals surface area (Å²) in [6, 6.07) is 12.8. The van der Waals surface area contributed by atoms with Gasteiger partial charge in [0.1, 0.15) is 12.4 Å². The molecule has 0 spiro atoms. The summed E-state index contributed by atoms with van der Waals surface area (Å²) < 4.78 is 4.36. The molecule has 1 saturated heterocycles. The number of nitrogens with two attached hydrogens (primary N) is 2. The second-order valence-electron chi connectivity index (χ2n) is 9.57. The first-order valence-corrected chi connectivity index (χ1v) is 12.3. The Morgan fingerprint density at radius 1 is 0.765 bits per heavy atom. The third-order valence-electron chi connectivity index (χ3n) is 6.96. The van der Waals surface area contributed by atoms with Gasteiger partial charge in [0, 0.05) is 68.6 Å². The molecular formula is C27H40N7+. The van der Waals surface area contributed by atoms with E-state index in [2.05, 4.69) is 87.7 Å². The van der Waals surface area contributed by atoms with Gasteiger partial charge in [0.05, 0.1) is 13.6 Å². The summed E-state index contributed by atoms with van der Waals surface area (Å²) in [7, 11) is 2.07. The summed E-state index contributed by atoms with van der Waals surface area (Å²) in [4.78, 5) is 7.63. The van der Waals surface area contributed by atoms with Crippen molar-refractivity contribution in [3.05, 3.63) is 66.2 Å². The number of nitrogens with zero attached hydrogens (tertiary/aromatic N) is 5. The molecule has 0 aliphatic carbocycles. The number of hydrogen-bond donors (Lipinski definition) is 2. The minimum absolute atomic E-state index is 0.854. The number of benzene rings is 2. The Kier molecular flexibility index (Phi) is 7.63. The number of imidazole rings is 1. The van der Waals surface area contributed by atoms with Gasteiger partial charge in [-0.15, -0.1) is 0 Å². The highest BCUT2D eigenvalue weighted by molar-refractivity contribution is 5.60. The van der Waals surface area contributed by atoms with Crippen molar-refractivity contribution in [1.82, 2.24) is 9.47 Å². The van der Waals surface area contributed by atoms with Crippen molar-refractivity contribution in [2.24, 2.45) is 7.05 Å². The van der Waals surface area contributed by atoms with Crippen molar-refractivity contribution < 1.29 is 4.57 Å². The smallest absolute Gasteiger partial charge is 0.243 e. The van der Waals surface area contributed by atoms with Gasteiger partial charge in [-0.25, -0.2) is 9.13 Å². The average Bonchev–Trinajstić information content (AvgIpc) is 3.27. The van der Waals surface area contributed by atoms with E-state index in [0.717, 1.165) is 81.3 Å². The van der Waals surface area contributed by atoms with Gasteiger partial charge >= 0.3 is 0 Å². The first-order chi connectivity index (χ1) is 16.4. The van der Waals surface area contributed by atoms with Crippen molar-refractivity contribution >= 4 is 22.7 Å². The van der Waals surface area contributed by atoms with Crippen LogP contribution in [0, 0.1) is 13.8 Å². The molecule has 1 aliphatic heterocycles. The lowest BCUT2D eigenvalue weighted by molar-refractivity contribution is -0.671. The Morgan fingerprint density at radius 2 is 1.29 bits per heavy atom. The molecule has 1 aliphatic rings. The molecule has 0 radical (unpaired) electrons. The van der Waals surface area contributed by atoms with E-state index in [4.69, 9.17) is 11.5 Å². The largest absolute Gasteiger partial charge is 0.399 e. The molecule has 4 N–H and O–H groups in total. The maximum atomic E-state index is 6.10. The molecule has 0 atom stereocenters. The van der Waals surface area contributed by atoms with Gasteiger partial charge in [0.25, 0.3) is 0 Å². The van der Waals surface area contributed by atoms with Gasteiger partial charge in [-0.2, -0.15) is 0 Å². The number of aryl methyl sites for hydroxylation is 4. The normalized spacial score (nSPS) is 15.7. The average molecular weight is 463 g/mol. The maximum Gasteiger partial charge on any atom is 0.243 e. The standard InChI is InChI=1S/C27H40N7/c1-22-19-24(5-7-26(22)28)33-15-13-31(9-4-10-32-12-11-30(3)21-32)14-16-34(18-17-33)25-6-8-27(29)23(2)20-25/h5-8,11-12,19-21H,4,9-10,13-18,28-29H2,1-3H3/q+1. The Labute approximate surface area is 204 Å². The number of nitrogen functional groups attached to an aromatic ring is 2. The van der Waals surface area contributed by atoms with Crippen LogP contribution in [-0.2, 0) is 13.6 Å². The van der Waals surface area contributed by atoms with E-state index in [1.807, 2.05) is 12.1 Å². The summed E-state index contributed by atoms with van der Waals surface area (Å²) in [5, 5.41) is 0. The molecule has 34 heavy (non-hydrogen) atoms. The Bertz CT molecular complexity index is 1030. The molecule has 2 heterocycles. The lowest BCUT2D eigenvalue weighted by Crippen LogP contribution is -2.37.